The molecule has 1 amide bonds. The van der Waals surface area contributed by atoms with E-state index < -0.39 is 0 Å². The molecule has 0 aliphatic rings. The van der Waals surface area contributed by atoms with Gasteiger partial charge in [-0.15, -0.1) is 0 Å². The van der Waals surface area contributed by atoms with Gasteiger partial charge in [0.15, 0.2) is 0 Å². The summed E-state index contributed by atoms with van der Waals surface area (Å²) in [6, 6.07) is 23.2. The molecule has 1 heterocycles. The van der Waals surface area contributed by atoms with Crippen LogP contribution in [-0.2, 0) is 6.54 Å². The van der Waals surface area contributed by atoms with E-state index in [0.717, 1.165) is 22.0 Å². The van der Waals surface area contributed by atoms with Gasteiger partial charge in [-0.3, -0.25) is 9.48 Å². The largest absolute Gasteiger partial charge is 0.346 e. The summed E-state index contributed by atoms with van der Waals surface area (Å²) in [5.41, 5.74) is 3.72. The van der Waals surface area contributed by atoms with Crippen molar-refractivity contribution in [1.82, 2.24) is 15.1 Å². The van der Waals surface area contributed by atoms with Crippen LogP contribution in [0.2, 0.25) is 5.02 Å². The van der Waals surface area contributed by atoms with Gasteiger partial charge in [-0.05, 0) is 42.3 Å². The molecule has 4 aromatic rings. The van der Waals surface area contributed by atoms with Gasteiger partial charge in [0.25, 0.3) is 5.91 Å². The van der Waals surface area contributed by atoms with Crippen molar-refractivity contribution in [1.29, 1.82) is 0 Å². The molecule has 0 aliphatic carbocycles. The Balaban J connectivity index is 1.56. The van der Waals surface area contributed by atoms with Crippen LogP contribution in [0.5, 0.6) is 0 Å². The number of amides is 1. The zero-order valence-electron chi connectivity index (χ0n) is 15.5. The number of nitrogens with zero attached hydrogens (tertiary/aromatic N) is 2. The van der Waals surface area contributed by atoms with E-state index in [1.165, 1.54) is 0 Å². The fourth-order valence-corrected chi connectivity index (χ4v) is 3.33. The molecule has 0 bridgehead atoms. The highest BCUT2D eigenvalue weighted by Crippen LogP contribution is 2.19. The van der Waals surface area contributed by atoms with E-state index in [1.807, 2.05) is 90.6 Å². The third-order valence-corrected chi connectivity index (χ3v) is 5.05. The summed E-state index contributed by atoms with van der Waals surface area (Å²) in [6.45, 7) is 2.60. The number of nitrogens with one attached hydrogen (secondary N) is 1. The SMILES string of the molecule is C[C@H](NC(=O)c1ccc2cnn(Cc3ccc(Cl)cc3)c2c1)c1ccccc1. The molecule has 0 unspecified atom stereocenters. The molecular weight excluding hydrogens is 370 g/mol. The summed E-state index contributed by atoms with van der Waals surface area (Å²) in [5, 5.41) is 9.25. The Bertz CT molecular complexity index is 1100. The van der Waals surface area contributed by atoms with E-state index in [0.29, 0.717) is 17.1 Å². The van der Waals surface area contributed by atoms with Crippen LogP contribution in [0.25, 0.3) is 10.9 Å². The van der Waals surface area contributed by atoms with E-state index in [2.05, 4.69) is 10.4 Å². The Morgan fingerprint density at radius 1 is 1.07 bits per heavy atom. The summed E-state index contributed by atoms with van der Waals surface area (Å²) in [6.07, 6.45) is 1.82. The first-order valence-corrected chi connectivity index (χ1v) is 9.54. The average molecular weight is 390 g/mol. The van der Waals surface area contributed by atoms with Gasteiger partial charge in [0, 0.05) is 16.0 Å². The Hall–Kier alpha value is -3.11. The van der Waals surface area contributed by atoms with Crippen LogP contribution >= 0.6 is 11.6 Å². The minimum absolute atomic E-state index is 0.0663. The van der Waals surface area contributed by atoms with Crippen molar-refractivity contribution >= 4 is 28.4 Å². The first kappa shape index (κ1) is 18.3. The van der Waals surface area contributed by atoms with Crippen LogP contribution in [0.3, 0.4) is 0 Å². The van der Waals surface area contributed by atoms with Crippen LogP contribution in [0, 0.1) is 0 Å². The van der Waals surface area contributed by atoms with Gasteiger partial charge in [-0.2, -0.15) is 5.10 Å². The van der Waals surface area contributed by atoms with Crippen molar-refractivity contribution in [2.24, 2.45) is 0 Å². The highest BCUT2D eigenvalue weighted by molar-refractivity contribution is 6.30. The van der Waals surface area contributed by atoms with Crippen molar-refractivity contribution in [3.05, 3.63) is 101 Å². The normalized spacial score (nSPS) is 12.1. The number of hydrogen-bond donors (Lipinski definition) is 1. The van der Waals surface area contributed by atoms with Gasteiger partial charge in [0.1, 0.15) is 0 Å². The van der Waals surface area contributed by atoms with Gasteiger partial charge < -0.3 is 5.32 Å². The van der Waals surface area contributed by atoms with Crippen molar-refractivity contribution < 1.29 is 4.79 Å². The van der Waals surface area contributed by atoms with E-state index in [1.54, 1.807) is 0 Å². The lowest BCUT2D eigenvalue weighted by Gasteiger charge is -2.14. The van der Waals surface area contributed by atoms with Crippen molar-refractivity contribution in [2.75, 3.05) is 0 Å². The summed E-state index contributed by atoms with van der Waals surface area (Å²) in [7, 11) is 0. The maximum Gasteiger partial charge on any atom is 0.251 e. The number of rotatable bonds is 5. The number of halogens is 1. The molecule has 1 atom stereocenters. The third kappa shape index (κ3) is 3.92. The molecule has 3 aromatic carbocycles. The van der Waals surface area contributed by atoms with Crippen LogP contribution in [0.1, 0.15) is 34.5 Å². The molecule has 28 heavy (non-hydrogen) atoms. The van der Waals surface area contributed by atoms with Crippen molar-refractivity contribution in [3.63, 3.8) is 0 Å². The standard InChI is InChI=1S/C23H20ClN3O/c1-16(18-5-3-2-4-6-18)26-23(28)19-9-10-20-14-25-27(22(20)13-19)15-17-7-11-21(24)12-8-17/h2-14,16H,15H2,1H3,(H,26,28)/t16-/m0/s1. The second-order valence-electron chi connectivity index (χ2n) is 6.81. The lowest BCUT2D eigenvalue weighted by Crippen LogP contribution is -2.26. The molecule has 1 aromatic heterocycles. The quantitative estimate of drug-likeness (QED) is 0.508. The highest BCUT2D eigenvalue weighted by atomic mass is 35.5. The number of carbonyl (C=O) groups is 1. The van der Waals surface area contributed by atoms with Gasteiger partial charge >= 0.3 is 0 Å². The minimum atomic E-state index is -0.0995. The second kappa shape index (κ2) is 7.87. The molecule has 4 rings (SSSR count). The third-order valence-electron chi connectivity index (χ3n) is 4.80. The van der Waals surface area contributed by atoms with E-state index in [-0.39, 0.29) is 11.9 Å². The monoisotopic (exact) mass is 389 g/mol. The molecular formula is C23H20ClN3O. The molecule has 0 fully saturated rings. The first-order valence-electron chi connectivity index (χ1n) is 9.16. The number of fused-ring (bicyclic) bond motifs is 1. The Kier molecular flexibility index (Phi) is 5.13. The predicted octanol–water partition coefficient (Wildman–Crippen LogP) is 5.23. The zero-order valence-corrected chi connectivity index (χ0v) is 16.2. The Morgan fingerprint density at radius 2 is 1.82 bits per heavy atom. The molecule has 140 valence electrons. The number of aromatic nitrogens is 2. The highest BCUT2D eigenvalue weighted by Gasteiger charge is 2.13. The van der Waals surface area contributed by atoms with Crippen LogP contribution in [0.15, 0.2) is 79.0 Å². The Morgan fingerprint density at radius 3 is 2.57 bits per heavy atom. The first-order chi connectivity index (χ1) is 13.6. The van der Waals surface area contributed by atoms with Crippen molar-refractivity contribution in [2.45, 2.75) is 19.5 Å². The van der Waals surface area contributed by atoms with Crippen LogP contribution in [0.4, 0.5) is 0 Å². The fraction of sp³-hybridized carbons (Fsp3) is 0.130. The van der Waals surface area contributed by atoms with E-state index in [9.17, 15) is 4.79 Å². The fourth-order valence-electron chi connectivity index (χ4n) is 3.21. The summed E-state index contributed by atoms with van der Waals surface area (Å²) < 4.78 is 1.90. The molecule has 0 radical (unpaired) electrons. The minimum Gasteiger partial charge on any atom is -0.346 e. The van der Waals surface area contributed by atoms with Crippen LogP contribution < -0.4 is 5.32 Å². The number of benzene rings is 3. The lowest BCUT2D eigenvalue weighted by molar-refractivity contribution is 0.0940. The molecule has 0 saturated carbocycles. The number of carbonyl (C=O) groups excluding carboxylic acids is 1. The van der Waals surface area contributed by atoms with E-state index in [4.69, 9.17) is 11.6 Å². The molecule has 0 aliphatic heterocycles. The molecule has 1 N–H and O–H groups in total. The average Bonchev–Trinajstić information content (AvgIpc) is 3.12. The molecule has 0 spiro atoms. The second-order valence-corrected chi connectivity index (χ2v) is 7.24. The topological polar surface area (TPSA) is 46.9 Å². The van der Waals surface area contributed by atoms with E-state index >= 15 is 0 Å². The van der Waals surface area contributed by atoms with Gasteiger partial charge in [-0.25, -0.2) is 0 Å². The predicted molar refractivity (Wildman–Crippen MR) is 113 cm³/mol. The summed E-state index contributed by atoms with van der Waals surface area (Å²) in [5.74, 6) is -0.0995. The van der Waals surface area contributed by atoms with Gasteiger partial charge in [0.05, 0.1) is 24.3 Å². The molecule has 5 heteroatoms. The summed E-state index contributed by atoms with van der Waals surface area (Å²) >= 11 is 5.96. The smallest absolute Gasteiger partial charge is 0.251 e. The maximum absolute atomic E-state index is 12.7. The van der Waals surface area contributed by atoms with Crippen LogP contribution in [-0.4, -0.2) is 15.7 Å². The van der Waals surface area contributed by atoms with Gasteiger partial charge in [0.2, 0.25) is 0 Å². The molecule has 0 saturated heterocycles. The maximum atomic E-state index is 12.7. The Labute approximate surface area is 168 Å². The van der Waals surface area contributed by atoms with Crippen molar-refractivity contribution in [3.8, 4) is 0 Å². The lowest BCUT2D eigenvalue weighted by atomic mass is 10.1. The number of hydrogen-bond acceptors (Lipinski definition) is 2. The summed E-state index contributed by atoms with van der Waals surface area (Å²) in [4.78, 5) is 12.7. The zero-order chi connectivity index (χ0) is 19.5. The van der Waals surface area contributed by atoms with Gasteiger partial charge in [-0.1, -0.05) is 60.1 Å². The molecule has 4 nitrogen and oxygen atoms in total.